The number of nitrogens with one attached hydrogen (secondary N) is 2. The lowest BCUT2D eigenvalue weighted by Gasteiger charge is -2.37. The molecule has 3 heterocycles. The number of para-hydroxylation sites is 1. The van der Waals surface area contributed by atoms with Crippen LogP contribution in [0.15, 0.2) is 47.6 Å². The third-order valence-corrected chi connectivity index (χ3v) is 7.36. The molecule has 1 amide bonds. The van der Waals surface area contributed by atoms with E-state index in [4.69, 9.17) is 11.6 Å². The molecule has 5 rings (SSSR count). The molecule has 35 heavy (non-hydrogen) atoms. The smallest absolute Gasteiger partial charge is 0.263 e. The quantitative estimate of drug-likeness (QED) is 0.440. The number of hydrogen-bond acceptors (Lipinski definition) is 8. The van der Waals surface area contributed by atoms with E-state index in [-0.39, 0.29) is 28.8 Å². The van der Waals surface area contributed by atoms with Gasteiger partial charge >= 0.3 is 0 Å². The molecule has 0 spiro atoms. The summed E-state index contributed by atoms with van der Waals surface area (Å²) in [5.41, 5.74) is 2.88. The summed E-state index contributed by atoms with van der Waals surface area (Å²) in [7, 11) is 0. The first-order valence-corrected chi connectivity index (χ1v) is 12.6. The van der Waals surface area contributed by atoms with Crippen molar-refractivity contribution in [2.45, 2.75) is 24.6 Å². The lowest BCUT2D eigenvalue weighted by Crippen LogP contribution is -2.50. The summed E-state index contributed by atoms with van der Waals surface area (Å²) in [5, 5.41) is 17.2. The fourth-order valence-corrected chi connectivity index (χ4v) is 5.53. The van der Waals surface area contributed by atoms with Crippen LogP contribution in [0.25, 0.3) is 0 Å². The summed E-state index contributed by atoms with van der Waals surface area (Å²) < 4.78 is 14.4. The van der Waals surface area contributed by atoms with Gasteiger partial charge in [0.25, 0.3) is 5.91 Å². The number of rotatable bonds is 5. The van der Waals surface area contributed by atoms with Crippen molar-refractivity contribution in [3.05, 3.63) is 64.6 Å². The SMILES string of the molecule is C[C@@H]1CNCCN1c1ccc(Nc2ncc3c(n2)SCN(c2c(F)cccc2Cl)C3=O)cc1CO. The van der Waals surface area contributed by atoms with Crippen LogP contribution < -0.4 is 20.4 Å². The lowest BCUT2D eigenvalue weighted by molar-refractivity contribution is 0.0985. The zero-order valence-corrected chi connectivity index (χ0v) is 20.5. The molecular weight excluding hydrogens is 491 g/mol. The molecule has 2 aromatic carbocycles. The molecular formula is C24H24ClFN6O2S. The van der Waals surface area contributed by atoms with Crippen LogP contribution in [0.4, 0.5) is 27.4 Å². The van der Waals surface area contributed by atoms with E-state index in [1.165, 1.54) is 35.0 Å². The standard InChI is InChI=1S/C24H24ClFN6O2S/c1-14-10-27-7-8-31(14)20-6-5-16(9-15(20)12-33)29-24-28-11-17-22(30-24)35-13-32(23(17)34)21-18(25)3-2-4-19(21)26/h2-6,9,11,14,27,33H,7-8,10,12-13H2,1H3,(H,28,29,30)/t14-/m1/s1. The number of carbonyl (C=O) groups excluding carboxylic acids is 1. The molecule has 0 unspecified atom stereocenters. The first-order valence-electron chi connectivity index (χ1n) is 11.2. The van der Waals surface area contributed by atoms with Gasteiger partial charge in [0, 0.05) is 48.8 Å². The maximum absolute atomic E-state index is 14.4. The van der Waals surface area contributed by atoms with Gasteiger partial charge in [-0.1, -0.05) is 29.4 Å². The van der Waals surface area contributed by atoms with Gasteiger partial charge in [-0.05, 0) is 37.3 Å². The van der Waals surface area contributed by atoms with Crippen LogP contribution in [0, 0.1) is 5.82 Å². The number of piperazine rings is 1. The van der Waals surface area contributed by atoms with Gasteiger partial charge in [-0.25, -0.2) is 14.4 Å². The molecule has 1 fully saturated rings. The van der Waals surface area contributed by atoms with Crippen LogP contribution >= 0.6 is 23.4 Å². The summed E-state index contributed by atoms with van der Waals surface area (Å²) in [6.07, 6.45) is 1.44. The molecule has 11 heteroatoms. The number of nitrogens with zero attached hydrogens (tertiary/aromatic N) is 4. The number of hydrogen-bond donors (Lipinski definition) is 3. The first-order chi connectivity index (χ1) is 17.0. The van der Waals surface area contributed by atoms with Crippen LogP contribution in [0.2, 0.25) is 5.02 Å². The Hall–Kier alpha value is -2.92. The minimum absolute atomic E-state index is 0.0509. The number of amides is 1. The van der Waals surface area contributed by atoms with Crippen molar-refractivity contribution in [2.75, 3.05) is 40.6 Å². The molecule has 8 nitrogen and oxygen atoms in total. The van der Waals surface area contributed by atoms with Crippen molar-refractivity contribution >= 4 is 52.3 Å². The molecule has 1 saturated heterocycles. The number of benzene rings is 2. The Morgan fingerprint density at radius 3 is 2.97 bits per heavy atom. The number of aliphatic hydroxyl groups is 1. The molecule has 182 valence electrons. The van der Waals surface area contributed by atoms with Crippen molar-refractivity contribution in [1.29, 1.82) is 0 Å². The third kappa shape index (κ3) is 4.66. The Kier molecular flexibility index (Phi) is 6.79. The summed E-state index contributed by atoms with van der Waals surface area (Å²) in [6, 6.07) is 10.4. The maximum Gasteiger partial charge on any atom is 0.263 e. The minimum atomic E-state index is -0.563. The Morgan fingerprint density at radius 2 is 2.20 bits per heavy atom. The summed E-state index contributed by atoms with van der Waals surface area (Å²) in [6.45, 7) is 4.72. The highest BCUT2D eigenvalue weighted by molar-refractivity contribution is 7.99. The number of carbonyl (C=O) groups is 1. The number of aromatic nitrogens is 2. The van der Waals surface area contributed by atoms with E-state index in [9.17, 15) is 14.3 Å². The van der Waals surface area contributed by atoms with E-state index in [2.05, 4.69) is 32.4 Å². The van der Waals surface area contributed by atoms with Crippen LogP contribution in [0.1, 0.15) is 22.8 Å². The molecule has 1 aromatic heterocycles. The van der Waals surface area contributed by atoms with Gasteiger partial charge in [0.1, 0.15) is 10.8 Å². The van der Waals surface area contributed by atoms with Crippen molar-refractivity contribution in [3.8, 4) is 0 Å². The van der Waals surface area contributed by atoms with Crippen LogP contribution in [0.5, 0.6) is 0 Å². The van der Waals surface area contributed by atoms with E-state index in [0.717, 1.165) is 36.6 Å². The summed E-state index contributed by atoms with van der Waals surface area (Å²) >= 11 is 7.46. The van der Waals surface area contributed by atoms with Crippen LogP contribution in [-0.4, -0.2) is 52.5 Å². The van der Waals surface area contributed by atoms with Gasteiger partial charge in [-0.3, -0.25) is 9.69 Å². The number of fused-ring (bicyclic) bond motifs is 1. The number of halogens is 2. The van der Waals surface area contributed by atoms with Gasteiger partial charge in [0.15, 0.2) is 0 Å². The minimum Gasteiger partial charge on any atom is -0.392 e. The predicted molar refractivity (Wildman–Crippen MR) is 136 cm³/mol. The molecule has 1 atom stereocenters. The van der Waals surface area contributed by atoms with Gasteiger partial charge in [-0.15, -0.1) is 0 Å². The van der Waals surface area contributed by atoms with Crippen molar-refractivity contribution in [3.63, 3.8) is 0 Å². The number of thioether (sulfide) groups is 1. The van der Waals surface area contributed by atoms with Gasteiger partial charge < -0.3 is 20.6 Å². The highest BCUT2D eigenvalue weighted by Crippen LogP contribution is 2.37. The molecule has 0 saturated carbocycles. The van der Waals surface area contributed by atoms with Crippen LogP contribution in [-0.2, 0) is 6.61 Å². The van der Waals surface area contributed by atoms with Crippen LogP contribution in [0.3, 0.4) is 0 Å². The molecule has 3 N–H and O–H groups in total. The van der Waals surface area contributed by atoms with E-state index in [1.807, 2.05) is 18.2 Å². The second-order valence-electron chi connectivity index (χ2n) is 8.36. The molecule has 2 aliphatic rings. The number of anilines is 4. The zero-order chi connectivity index (χ0) is 24.5. The van der Waals surface area contributed by atoms with Gasteiger partial charge in [0.2, 0.25) is 5.95 Å². The topological polar surface area (TPSA) is 93.6 Å². The molecule has 3 aromatic rings. The fourth-order valence-electron chi connectivity index (χ4n) is 4.32. The fraction of sp³-hybridized carbons (Fsp3) is 0.292. The third-order valence-electron chi connectivity index (χ3n) is 6.08. The van der Waals surface area contributed by atoms with Gasteiger partial charge in [0.05, 0.1) is 28.8 Å². The Balaban J connectivity index is 1.36. The molecule has 0 aliphatic carbocycles. The van der Waals surface area contributed by atoms with Crippen molar-refractivity contribution in [2.24, 2.45) is 0 Å². The summed E-state index contributed by atoms with van der Waals surface area (Å²) in [4.78, 5) is 25.4. The second kappa shape index (κ2) is 9.98. The monoisotopic (exact) mass is 514 g/mol. The second-order valence-corrected chi connectivity index (χ2v) is 9.70. The zero-order valence-electron chi connectivity index (χ0n) is 19.0. The van der Waals surface area contributed by atoms with Gasteiger partial charge in [-0.2, -0.15) is 0 Å². The average molecular weight is 515 g/mol. The highest BCUT2D eigenvalue weighted by Gasteiger charge is 2.31. The van der Waals surface area contributed by atoms with E-state index >= 15 is 0 Å². The van der Waals surface area contributed by atoms with E-state index < -0.39 is 11.7 Å². The average Bonchev–Trinajstić information content (AvgIpc) is 2.85. The normalized spacial score (nSPS) is 17.9. The van der Waals surface area contributed by atoms with Crippen molar-refractivity contribution in [1.82, 2.24) is 15.3 Å². The molecule has 0 radical (unpaired) electrons. The largest absolute Gasteiger partial charge is 0.392 e. The predicted octanol–water partition coefficient (Wildman–Crippen LogP) is 4.01. The molecule has 0 bridgehead atoms. The Morgan fingerprint density at radius 1 is 1.34 bits per heavy atom. The highest BCUT2D eigenvalue weighted by atomic mass is 35.5. The summed E-state index contributed by atoms with van der Waals surface area (Å²) in [5.74, 6) is -0.467. The first kappa shape index (κ1) is 23.8. The molecule has 2 aliphatic heterocycles. The number of aliphatic hydroxyl groups excluding tert-OH is 1. The van der Waals surface area contributed by atoms with E-state index in [1.54, 1.807) is 6.07 Å². The van der Waals surface area contributed by atoms with Crippen molar-refractivity contribution < 1.29 is 14.3 Å². The maximum atomic E-state index is 14.4. The Labute approximate surface area is 211 Å². The lowest BCUT2D eigenvalue weighted by atomic mass is 10.1. The van der Waals surface area contributed by atoms with E-state index in [0.29, 0.717) is 17.0 Å². The Bertz CT molecular complexity index is 1260.